The zero-order valence-electron chi connectivity index (χ0n) is 11.5. The lowest BCUT2D eigenvalue weighted by atomic mass is 9.83. The van der Waals surface area contributed by atoms with Crippen molar-refractivity contribution < 1.29 is 9.59 Å². The van der Waals surface area contributed by atoms with E-state index >= 15 is 0 Å². The van der Waals surface area contributed by atoms with Crippen molar-refractivity contribution in [1.82, 2.24) is 5.32 Å². The zero-order valence-corrected chi connectivity index (χ0v) is 11.5. The number of nitrogens with two attached hydrogens (primary N) is 2. The van der Waals surface area contributed by atoms with Gasteiger partial charge in [-0.3, -0.25) is 9.59 Å². The molecule has 1 rings (SSSR count). The highest BCUT2D eigenvalue weighted by atomic mass is 16.2. The Kier molecular flexibility index (Phi) is 4.73. The van der Waals surface area contributed by atoms with Gasteiger partial charge >= 0.3 is 0 Å². The molecule has 1 aliphatic carbocycles. The maximum Gasteiger partial charge on any atom is 0.240 e. The first kappa shape index (κ1) is 15.0. The van der Waals surface area contributed by atoms with Crippen LogP contribution in [0.15, 0.2) is 0 Å². The summed E-state index contributed by atoms with van der Waals surface area (Å²) in [6.45, 7) is 5.65. The first-order valence-corrected chi connectivity index (χ1v) is 6.57. The average molecular weight is 255 g/mol. The number of hydrogen-bond acceptors (Lipinski definition) is 3. The number of carbonyl (C=O) groups excluding carboxylic acids is 2. The second kappa shape index (κ2) is 5.69. The second-order valence-electron chi connectivity index (χ2n) is 6.33. The third-order valence-corrected chi connectivity index (χ3v) is 3.52. The van der Waals surface area contributed by atoms with Crippen LogP contribution in [0, 0.1) is 11.3 Å². The van der Waals surface area contributed by atoms with E-state index in [0.29, 0.717) is 6.42 Å². The van der Waals surface area contributed by atoms with E-state index in [0.717, 1.165) is 19.3 Å². The number of amides is 2. The Labute approximate surface area is 109 Å². The van der Waals surface area contributed by atoms with E-state index in [1.807, 2.05) is 20.8 Å². The lowest BCUT2D eigenvalue weighted by Crippen LogP contribution is -2.54. The summed E-state index contributed by atoms with van der Waals surface area (Å²) in [6, 6.07) is -0.542. The van der Waals surface area contributed by atoms with Crippen molar-refractivity contribution in [3.05, 3.63) is 0 Å². The molecule has 0 bridgehead atoms. The van der Waals surface area contributed by atoms with E-state index in [-0.39, 0.29) is 23.3 Å². The fourth-order valence-corrected chi connectivity index (χ4v) is 2.44. The van der Waals surface area contributed by atoms with Crippen molar-refractivity contribution in [2.24, 2.45) is 22.8 Å². The van der Waals surface area contributed by atoms with Gasteiger partial charge in [0, 0.05) is 12.0 Å². The Balaban J connectivity index is 2.64. The predicted octanol–water partition coefficient (Wildman–Crippen LogP) is 0.520. The topological polar surface area (TPSA) is 98.2 Å². The molecule has 0 aromatic heterocycles. The molecule has 104 valence electrons. The van der Waals surface area contributed by atoms with Gasteiger partial charge in [-0.1, -0.05) is 27.2 Å². The molecule has 0 spiro atoms. The maximum absolute atomic E-state index is 12.1. The molecule has 0 heterocycles. The van der Waals surface area contributed by atoms with E-state index in [1.54, 1.807) is 0 Å². The predicted molar refractivity (Wildman–Crippen MR) is 70.5 cm³/mol. The number of carbonyl (C=O) groups is 2. The Morgan fingerprint density at radius 2 is 1.89 bits per heavy atom. The molecule has 0 aromatic rings. The van der Waals surface area contributed by atoms with Crippen LogP contribution >= 0.6 is 0 Å². The highest BCUT2D eigenvalue weighted by molar-refractivity contribution is 5.88. The lowest BCUT2D eigenvalue weighted by Gasteiger charge is -2.32. The molecule has 3 unspecified atom stereocenters. The molecule has 1 fully saturated rings. The lowest BCUT2D eigenvalue weighted by molar-refractivity contribution is -0.132. The third kappa shape index (κ3) is 3.98. The van der Waals surface area contributed by atoms with Crippen LogP contribution in [-0.4, -0.2) is 23.9 Å². The molecule has 0 aliphatic heterocycles. The molecule has 5 N–H and O–H groups in total. The van der Waals surface area contributed by atoms with Gasteiger partial charge in [-0.25, -0.2) is 0 Å². The Bertz CT molecular complexity index is 323. The zero-order chi connectivity index (χ0) is 13.9. The summed E-state index contributed by atoms with van der Waals surface area (Å²) < 4.78 is 0. The summed E-state index contributed by atoms with van der Waals surface area (Å²) in [5.41, 5.74) is 10.8. The molecule has 5 nitrogen and oxygen atoms in total. The minimum absolute atomic E-state index is 0.0852. The molecule has 0 aromatic carbocycles. The third-order valence-electron chi connectivity index (χ3n) is 3.52. The summed E-state index contributed by atoms with van der Waals surface area (Å²) in [6.07, 6.45) is 3.48. The minimum atomic E-state index is -0.636. The van der Waals surface area contributed by atoms with Crippen molar-refractivity contribution in [3.63, 3.8) is 0 Å². The van der Waals surface area contributed by atoms with E-state index in [4.69, 9.17) is 11.5 Å². The van der Waals surface area contributed by atoms with Gasteiger partial charge in [0.25, 0.3) is 0 Å². The standard InChI is InChI=1S/C13H25N3O2/c1-13(2,3)10(11(15)17)16-12(18)8-5-4-6-9(14)7-8/h8-10H,4-7,14H2,1-3H3,(H2,15,17)(H,16,18). The van der Waals surface area contributed by atoms with Crippen LogP contribution in [0.25, 0.3) is 0 Å². The Morgan fingerprint density at radius 1 is 1.28 bits per heavy atom. The summed E-state index contributed by atoms with van der Waals surface area (Å²) >= 11 is 0. The maximum atomic E-state index is 12.1. The fourth-order valence-electron chi connectivity index (χ4n) is 2.44. The monoisotopic (exact) mass is 255 g/mol. The van der Waals surface area contributed by atoms with Gasteiger partial charge in [0.05, 0.1) is 0 Å². The van der Waals surface area contributed by atoms with Crippen molar-refractivity contribution >= 4 is 11.8 Å². The van der Waals surface area contributed by atoms with Crippen LogP contribution in [-0.2, 0) is 9.59 Å². The van der Waals surface area contributed by atoms with E-state index in [9.17, 15) is 9.59 Å². The first-order valence-electron chi connectivity index (χ1n) is 6.57. The minimum Gasteiger partial charge on any atom is -0.368 e. The van der Waals surface area contributed by atoms with Crippen LogP contribution in [0.3, 0.4) is 0 Å². The number of nitrogens with one attached hydrogen (secondary N) is 1. The highest BCUT2D eigenvalue weighted by Gasteiger charge is 2.34. The van der Waals surface area contributed by atoms with Gasteiger partial charge in [-0.05, 0) is 24.7 Å². The van der Waals surface area contributed by atoms with Crippen LogP contribution in [0.2, 0.25) is 0 Å². The quantitative estimate of drug-likeness (QED) is 0.685. The average Bonchev–Trinajstić information content (AvgIpc) is 2.23. The molecule has 1 aliphatic rings. The molecule has 1 saturated carbocycles. The van der Waals surface area contributed by atoms with Crippen molar-refractivity contribution in [3.8, 4) is 0 Å². The van der Waals surface area contributed by atoms with E-state index in [2.05, 4.69) is 5.32 Å². The summed E-state index contributed by atoms with van der Waals surface area (Å²) in [4.78, 5) is 23.5. The molecule has 0 saturated heterocycles. The molecule has 0 radical (unpaired) electrons. The molecule has 18 heavy (non-hydrogen) atoms. The second-order valence-corrected chi connectivity index (χ2v) is 6.33. The van der Waals surface area contributed by atoms with Gasteiger partial charge in [-0.2, -0.15) is 0 Å². The van der Waals surface area contributed by atoms with Gasteiger partial charge in [-0.15, -0.1) is 0 Å². The summed E-state index contributed by atoms with van der Waals surface area (Å²) in [5, 5.41) is 2.78. The fraction of sp³-hybridized carbons (Fsp3) is 0.846. The van der Waals surface area contributed by atoms with Crippen LogP contribution in [0.1, 0.15) is 46.5 Å². The van der Waals surface area contributed by atoms with Gasteiger partial charge in [0.15, 0.2) is 0 Å². The van der Waals surface area contributed by atoms with Gasteiger partial charge in [0.1, 0.15) is 6.04 Å². The number of hydrogen-bond donors (Lipinski definition) is 3. The number of rotatable bonds is 3. The Morgan fingerprint density at radius 3 is 2.33 bits per heavy atom. The SMILES string of the molecule is CC(C)(C)C(NC(=O)C1CCCC(N)C1)C(N)=O. The normalized spacial score (nSPS) is 26.4. The molecule has 2 amide bonds. The van der Waals surface area contributed by atoms with Gasteiger partial charge in [0.2, 0.25) is 11.8 Å². The smallest absolute Gasteiger partial charge is 0.240 e. The largest absolute Gasteiger partial charge is 0.368 e. The molecule has 3 atom stereocenters. The van der Waals surface area contributed by atoms with Crippen LogP contribution in [0.4, 0.5) is 0 Å². The van der Waals surface area contributed by atoms with Crippen LogP contribution in [0.5, 0.6) is 0 Å². The van der Waals surface area contributed by atoms with Crippen molar-refractivity contribution in [2.45, 2.75) is 58.5 Å². The molecule has 5 heteroatoms. The Hall–Kier alpha value is -1.10. The first-order chi connectivity index (χ1) is 8.21. The van der Waals surface area contributed by atoms with E-state index < -0.39 is 11.9 Å². The number of primary amides is 1. The molecular weight excluding hydrogens is 230 g/mol. The summed E-state index contributed by atoms with van der Waals surface area (Å²) in [7, 11) is 0. The molecular formula is C13H25N3O2. The van der Waals surface area contributed by atoms with Crippen LogP contribution < -0.4 is 16.8 Å². The van der Waals surface area contributed by atoms with Crippen molar-refractivity contribution in [2.75, 3.05) is 0 Å². The van der Waals surface area contributed by atoms with Crippen molar-refractivity contribution in [1.29, 1.82) is 0 Å². The highest BCUT2D eigenvalue weighted by Crippen LogP contribution is 2.25. The van der Waals surface area contributed by atoms with Gasteiger partial charge < -0.3 is 16.8 Å². The summed E-state index contributed by atoms with van der Waals surface area (Å²) in [5.74, 6) is -0.669. The van der Waals surface area contributed by atoms with E-state index in [1.165, 1.54) is 0 Å².